The molecular weight excluding hydrogens is 360 g/mol. The van der Waals surface area contributed by atoms with Crippen LogP contribution in [0.4, 0.5) is 5.69 Å². The van der Waals surface area contributed by atoms with Crippen molar-refractivity contribution in [2.45, 2.75) is 18.9 Å². The van der Waals surface area contributed by atoms with E-state index in [1.807, 2.05) is 0 Å². The van der Waals surface area contributed by atoms with Crippen molar-refractivity contribution in [1.82, 2.24) is 5.32 Å². The lowest BCUT2D eigenvalue weighted by molar-refractivity contribution is 0.0600. The maximum Gasteiger partial charge on any atom is 0.337 e. The molecule has 28 heavy (non-hydrogen) atoms. The Bertz CT molecular complexity index is 857. The number of ether oxygens (including phenoxy) is 2. The minimum atomic E-state index is -0.445. The predicted octanol–water partition coefficient (Wildman–Crippen LogP) is 2.63. The maximum atomic E-state index is 12.5. The molecule has 1 heterocycles. The molecule has 7 heteroatoms. The number of esters is 1. The molecule has 0 bridgehead atoms. The van der Waals surface area contributed by atoms with Crippen LogP contribution in [-0.4, -0.2) is 44.1 Å². The predicted molar refractivity (Wildman–Crippen MR) is 103 cm³/mol. The first-order valence-corrected chi connectivity index (χ1v) is 9.06. The average Bonchev–Trinajstić information content (AvgIpc) is 3.25. The molecule has 1 aliphatic rings. The molecule has 0 radical (unpaired) electrons. The standard InChI is InChI=1S/C21H22N2O5/c1-27-21(26)14-7-9-17(10-8-14)23-20(25)16-5-2-4-15(12-16)19(24)22-13-18-6-3-11-28-18/h2,4-5,7-10,12,18H,3,6,11,13H2,1H3,(H,22,24)(H,23,25). The summed E-state index contributed by atoms with van der Waals surface area (Å²) in [5.41, 5.74) is 1.70. The van der Waals surface area contributed by atoms with Crippen molar-refractivity contribution >= 4 is 23.5 Å². The SMILES string of the molecule is COC(=O)c1ccc(NC(=O)c2cccc(C(=O)NCC3CCCO3)c2)cc1. The van der Waals surface area contributed by atoms with Crippen molar-refractivity contribution in [3.8, 4) is 0 Å². The molecule has 0 spiro atoms. The van der Waals surface area contributed by atoms with Gasteiger partial charge in [0.2, 0.25) is 0 Å². The first kappa shape index (κ1) is 19.6. The van der Waals surface area contributed by atoms with Crippen LogP contribution in [0.25, 0.3) is 0 Å². The van der Waals surface area contributed by atoms with Gasteiger partial charge in [0, 0.05) is 30.0 Å². The largest absolute Gasteiger partial charge is 0.465 e. The van der Waals surface area contributed by atoms with Crippen LogP contribution in [-0.2, 0) is 9.47 Å². The molecule has 2 aromatic carbocycles. The zero-order valence-corrected chi connectivity index (χ0v) is 15.6. The molecule has 146 valence electrons. The van der Waals surface area contributed by atoms with Gasteiger partial charge in [-0.05, 0) is 55.3 Å². The molecule has 1 atom stereocenters. The van der Waals surface area contributed by atoms with E-state index < -0.39 is 5.97 Å². The highest BCUT2D eigenvalue weighted by Gasteiger charge is 2.17. The Labute approximate surface area is 163 Å². The summed E-state index contributed by atoms with van der Waals surface area (Å²) in [6.45, 7) is 1.19. The number of anilines is 1. The van der Waals surface area contributed by atoms with Gasteiger partial charge in [-0.2, -0.15) is 0 Å². The Hall–Kier alpha value is -3.19. The highest BCUT2D eigenvalue weighted by Crippen LogP contribution is 2.14. The first-order chi connectivity index (χ1) is 13.6. The average molecular weight is 382 g/mol. The molecule has 3 rings (SSSR count). The van der Waals surface area contributed by atoms with Gasteiger partial charge in [0.25, 0.3) is 11.8 Å². The highest BCUT2D eigenvalue weighted by atomic mass is 16.5. The van der Waals surface area contributed by atoms with Crippen LogP contribution in [0.3, 0.4) is 0 Å². The lowest BCUT2D eigenvalue weighted by Gasteiger charge is -2.11. The van der Waals surface area contributed by atoms with Crippen LogP contribution in [0.5, 0.6) is 0 Å². The fraction of sp³-hybridized carbons (Fsp3) is 0.286. The second-order valence-corrected chi connectivity index (χ2v) is 6.45. The monoisotopic (exact) mass is 382 g/mol. The van der Waals surface area contributed by atoms with Crippen molar-refractivity contribution in [1.29, 1.82) is 0 Å². The zero-order valence-electron chi connectivity index (χ0n) is 15.6. The summed E-state index contributed by atoms with van der Waals surface area (Å²) in [6.07, 6.45) is 2.01. The van der Waals surface area contributed by atoms with Crippen molar-refractivity contribution in [3.63, 3.8) is 0 Å². The Kier molecular flexibility index (Phi) is 6.39. The van der Waals surface area contributed by atoms with E-state index >= 15 is 0 Å². The van der Waals surface area contributed by atoms with Gasteiger partial charge in [-0.1, -0.05) is 6.07 Å². The second kappa shape index (κ2) is 9.14. The summed E-state index contributed by atoms with van der Waals surface area (Å²) in [5, 5.41) is 5.58. The number of carbonyl (C=O) groups excluding carboxylic acids is 3. The lowest BCUT2D eigenvalue weighted by Crippen LogP contribution is -2.31. The molecule has 1 fully saturated rings. The van der Waals surface area contributed by atoms with E-state index in [0.717, 1.165) is 19.4 Å². The van der Waals surface area contributed by atoms with Crippen LogP contribution >= 0.6 is 0 Å². The van der Waals surface area contributed by atoms with Crippen LogP contribution < -0.4 is 10.6 Å². The van der Waals surface area contributed by atoms with Crippen LogP contribution in [0, 0.1) is 0 Å². The summed E-state index contributed by atoms with van der Waals surface area (Å²) < 4.78 is 10.1. The van der Waals surface area contributed by atoms with Crippen LogP contribution in [0.1, 0.15) is 43.9 Å². The molecule has 0 saturated carbocycles. The van der Waals surface area contributed by atoms with E-state index in [0.29, 0.717) is 28.9 Å². The van der Waals surface area contributed by atoms with E-state index in [2.05, 4.69) is 15.4 Å². The fourth-order valence-electron chi connectivity index (χ4n) is 2.93. The van der Waals surface area contributed by atoms with E-state index in [1.165, 1.54) is 7.11 Å². The Morgan fingerprint density at radius 3 is 2.39 bits per heavy atom. The van der Waals surface area contributed by atoms with Crippen molar-refractivity contribution in [3.05, 3.63) is 65.2 Å². The molecule has 1 unspecified atom stereocenters. The third-order valence-corrected chi connectivity index (χ3v) is 4.47. The van der Waals surface area contributed by atoms with E-state index in [4.69, 9.17) is 4.74 Å². The Balaban J connectivity index is 1.61. The van der Waals surface area contributed by atoms with Crippen molar-refractivity contribution in [2.75, 3.05) is 25.6 Å². The van der Waals surface area contributed by atoms with E-state index in [1.54, 1.807) is 48.5 Å². The van der Waals surface area contributed by atoms with Gasteiger partial charge >= 0.3 is 5.97 Å². The summed E-state index contributed by atoms with van der Waals surface area (Å²) in [4.78, 5) is 36.3. The van der Waals surface area contributed by atoms with E-state index in [9.17, 15) is 14.4 Å². The number of carbonyl (C=O) groups is 3. The summed E-state index contributed by atoms with van der Waals surface area (Å²) >= 11 is 0. The number of rotatable bonds is 6. The molecule has 2 N–H and O–H groups in total. The maximum absolute atomic E-state index is 12.5. The highest BCUT2D eigenvalue weighted by molar-refractivity contribution is 6.06. The van der Waals surface area contributed by atoms with Gasteiger partial charge in [-0.15, -0.1) is 0 Å². The normalized spacial score (nSPS) is 15.7. The number of nitrogens with one attached hydrogen (secondary N) is 2. The van der Waals surface area contributed by atoms with Crippen molar-refractivity contribution in [2.24, 2.45) is 0 Å². The van der Waals surface area contributed by atoms with Gasteiger partial charge in [-0.3, -0.25) is 9.59 Å². The molecule has 2 amide bonds. The van der Waals surface area contributed by atoms with Crippen molar-refractivity contribution < 1.29 is 23.9 Å². The molecule has 1 aliphatic heterocycles. The number of benzene rings is 2. The van der Waals surface area contributed by atoms with Gasteiger partial charge in [0.05, 0.1) is 18.8 Å². The van der Waals surface area contributed by atoms with Crippen LogP contribution in [0.2, 0.25) is 0 Å². The molecule has 0 aliphatic carbocycles. The Morgan fingerprint density at radius 1 is 1.04 bits per heavy atom. The summed E-state index contributed by atoms with van der Waals surface area (Å²) in [5.74, 6) is -1.04. The Morgan fingerprint density at radius 2 is 1.75 bits per heavy atom. The molecular formula is C21H22N2O5. The lowest BCUT2D eigenvalue weighted by atomic mass is 10.1. The smallest absolute Gasteiger partial charge is 0.337 e. The van der Waals surface area contributed by atoms with Gasteiger partial charge < -0.3 is 20.1 Å². The van der Waals surface area contributed by atoms with Gasteiger partial charge in [0.15, 0.2) is 0 Å². The summed E-state index contributed by atoms with van der Waals surface area (Å²) in [7, 11) is 1.31. The van der Waals surface area contributed by atoms with E-state index in [-0.39, 0.29) is 17.9 Å². The number of amides is 2. The number of methoxy groups -OCH3 is 1. The van der Waals surface area contributed by atoms with Gasteiger partial charge in [-0.25, -0.2) is 4.79 Å². The third-order valence-electron chi connectivity index (χ3n) is 4.47. The van der Waals surface area contributed by atoms with Gasteiger partial charge in [0.1, 0.15) is 0 Å². The minimum absolute atomic E-state index is 0.0587. The number of hydrogen-bond acceptors (Lipinski definition) is 5. The molecule has 1 saturated heterocycles. The zero-order chi connectivity index (χ0) is 19.9. The quantitative estimate of drug-likeness (QED) is 0.749. The number of hydrogen-bond donors (Lipinski definition) is 2. The molecule has 2 aromatic rings. The van der Waals surface area contributed by atoms with Crippen LogP contribution in [0.15, 0.2) is 48.5 Å². The minimum Gasteiger partial charge on any atom is -0.465 e. The topological polar surface area (TPSA) is 93.7 Å². The second-order valence-electron chi connectivity index (χ2n) is 6.45. The summed E-state index contributed by atoms with van der Waals surface area (Å²) in [6, 6.07) is 12.9. The molecule has 0 aromatic heterocycles. The third kappa shape index (κ3) is 4.95. The molecule has 7 nitrogen and oxygen atoms in total. The first-order valence-electron chi connectivity index (χ1n) is 9.06. The fourth-order valence-corrected chi connectivity index (χ4v) is 2.93.